The van der Waals surface area contributed by atoms with E-state index in [4.69, 9.17) is 10.5 Å². The Labute approximate surface area is 94.4 Å². The molecule has 0 saturated heterocycles. The van der Waals surface area contributed by atoms with Crippen molar-refractivity contribution in [3.8, 4) is 5.75 Å². The molecule has 0 radical (unpaired) electrons. The van der Waals surface area contributed by atoms with Crippen LogP contribution in [0.3, 0.4) is 0 Å². The second kappa shape index (κ2) is 5.25. The Morgan fingerprint density at radius 1 is 1.44 bits per heavy atom. The Hall–Kier alpha value is -1.16. The monoisotopic (exact) mass is 229 g/mol. The van der Waals surface area contributed by atoms with Gasteiger partial charge in [-0.05, 0) is 24.1 Å². The molecule has 0 amide bonds. The van der Waals surface area contributed by atoms with Crippen molar-refractivity contribution in [2.45, 2.75) is 25.4 Å². The molecule has 0 aliphatic heterocycles. The van der Waals surface area contributed by atoms with Crippen molar-refractivity contribution < 1.29 is 13.5 Å². The van der Waals surface area contributed by atoms with E-state index in [-0.39, 0.29) is 24.3 Å². The highest BCUT2D eigenvalue weighted by Crippen LogP contribution is 2.32. The maximum Gasteiger partial charge on any atom is 0.165 e. The van der Waals surface area contributed by atoms with E-state index >= 15 is 0 Å². The molecule has 1 rings (SSSR count). The van der Waals surface area contributed by atoms with Crippen LogP contribution in [0, 0.1) is 5.82 Å². The van der Waals surface area contributed by atoms with Crippen LogP contribution in [0.15, 0.2) is 18.2 Å². The highest BCUT2D eigenvalue weighted by molar-refractivity contribution is 5.32. The van der Waals surface area contributed by atoms with Gasteiger partial charge in [0.2, 0.25) is 0 Å². The lowest BCUT2D eigenvalue weighted by Crippen LogP contribution is -2.30. The summed E-state index contributed by atoms with van der Waals surface area (Å²) in [5.74, 6) is -0.453. The van der Waals surface area contributed by atoms with Gasteiger partial charge in [0.15, 0.2) is 11.6 Å². The first-order valence-corrected chi connectivity index (χ1v) is 5.30. The summed E-state index contributed by atoms with van der Waals surface area (Å²) in [5, 5.41) is 0. The number of ether oxygens (including phenoxy) is 1. The Morgan fingerprint density at radius 2 is 2.12 bits per heavy atom. The number of rotatable bonds is 5. The lowest BCUT2D eigenvalue weighted by Gasteiger charge is -2.23. The van der Waals surface area contributed by atoms with Gasteiger partial charge in [0.25, 0.3) is 0 Å². The first-order chi connectivity index (χ1) is 7.57. The number of alkyl halides is 1. The molecule has 1 unspecified atom stereocenters. The number of methoxy groups -OCH3 is 1. The fraction of sp³-hybridized carbons (Fsp3) is 0.500. The molecule has 0 spiro atoms. The molecule has 0 aliphatic carbocycles. The Bertz CT molecular complexity index is 357. The molecule has 90 valence electrons. The average molecular weight is 229 g/mol. The SMILES string of the molecule is CCCC(F)(CN)c1ccc(OC)c(F)c1. The maximum atomic E-state index is 14.3. The van der Waals surface area contributed by atoms with Gasteiger partial charge < -0.3 is 10.5 Å². The van der Waals surface area contributed by atoms with Crippen molar-refractivity contribution in [2.75, 3.05) is 13.7 Å². The van der Waals surface area contributed by atoms with Crippen molar-refractivity contribution in [1.29, 1.82) is 0 Å². The van der Waals surface area contributed by atoms with Gasteiger partial charge in [-0.1, -0.05) is 19.4 Å². The van der Waals surface area contributed by atoms with E-state index in [1.165, 1.54) is 19.2 Å². The van der Waals surface area contributed by atoms with Gasteiger partial charge in [-0.2, -0.15) is 0 Å². The molecule has 0 heterocycles. The van der Waals surface area contributed by atoms with Crippen LogP contribution in [-0.4, -0.2) is 13.7 Å². The Morgan fingerprint density at radius 3 is 2.56 bits per heavy atom. The van der Waals surface area contributed by atoms with E-state index in [9.17, 15) is 8.78 Å². The standard InChI is InChI=1S/C12H17F2NO/c1-3-6-12(14,8-15)9-4-5-11(16-2)10(13)7-9/h4-5,7H,3,6,8,15H2,1-2H3. The van der Waals surface area contributed by atoms with Gasteiger partial charge in [0, 0.05) is 6.54 Å². The minimum absolute atomic E-state index is 0.111. The zero-order chi connectivity index (χ0) is 12.2. The third-order valence-corrected chi connectivity index (χ3v) is 2.64. The molecular weight excluding hydrogens is 212 g/mol. The third-order valence-electron chi connectivity index (χ3n) is 2.64. The number of hydrogen-bond donors (Lipinski definition) is 1. The van der Waals surface area contributed by atoms with Gasteiger partial charge in [0.05, 0.1) is 7.11 Å². The molecule has 0 fully saturated rings. The summed E-state index contributed by atoms with van der Waals surface area (Å²) in [6.45, 7) is 1.72. The van der Waals surface area contributed by atoms with Crippen LogP contribution in [0.4, 0.5) is 8.78 Å². The molecule has 0 bridgehead atoms. The van der Waals surface area contributed by atoms with Crippen LogP contribution >= 0.6 is 0 Å². The lowest BCUT2D eigenvalue weighted by molar-refractivity contribution is 0.159. The second-order valence-electron chi connectivity index (χ2n) is 3.77. The molecular formula is C12H17F2NO. The van der Waals surface area contributed by atoms with E-state index in [0.29, 0.717) is 6.42 Å². The summed E-state index contributed by atoms with van der Waals surface area (Å²) in [5.41, 5.74) is 4.04. The number of halogens is 2. The molecule has 0 aliphatic rings. The highest BCUT2D eigenvalue weighted by atomic mass is 19.1. The van der Waals surface area contributed by atoms with E-state index < -0.39 is 11.5 Å². The summed E-state index contributed by atoms with van der Waals surface area (Å²) in [6.07, 6.45) is 0.941. The zero-order valence-electron chi connectivity index (χ0n) is 9.59. The van der Waals surface area contributed by atoms with Crippen LogP contribution in [-0.2, 0) is 5.67 Å². The zero-order valence-corrected chi connectivity index (χ0v) is 9.59. The first-order valence-electron chi connectivity index (χ1n) is 5.30. The molecule has 16 heavy (non-hydrogen) atoms. The molecule has 1 aromatic carbocycles. The van der Waals surface area contributed by atoms with Crippen molar-refractivity contribution in [1.82, 2.24) is 0 Å². The first kappa shape index (κ1) is 12.9. The highest BCUT2D eigenvalue weighted by Gasteiger charge is 2.30. The predicted molar refractivity (Wildman–Crippen MR) is 59.7 cm³/mol. The van der Waals surface area contributed by atoms with Crippen molar-refractivity contribution >= 4 is 0 Å². The minimum Gasteiger partial charge on any atom is -0.494 e. The van der Waals surface area contributed by atoms with Gasteiger partial charge >= 0.3 is 0 Å². The van der Waals surface area contributed by atoms with E-state index in [0.717, 1.165) is 6.07 Å². The Kier molecular flexibility index (Phi) is 4.24. The van der Waals surface area contributed by atoms with Crippen LogP contribution < -0.4 is 10.5 Å². The molecule has 4 heteroatoms. The second-order valence-corrected chi connectivity index (χ2v) is 3.77. The largest absolute Gasteiger partial charge is 0.494 e. The summed E-state index contributed by atoms with van der Waals surface area (Å²) in [6, 6.07) is 4.09. The van der Waals surface area contributed by atoms with Crippen LogP contribution in [0.25, 0.3) is 0 Å². The van der Waals surface area contributed by atoms with Gasteiger partial charge in [-0.3, -0.25) is 0 Å². The molecule has 2 nitrogen and oxygen atoms in total. The van der Waals surface area contributed by atoms with E-state index in [1.54, 1.807) is 0 Å². The molecule has 0 aromatic heterocycles. The van der Waals surface area contributed by atoms with Gasteiger partial charge in [0.1, 0.15) is 5.67 Å². The summed E-state index contributed by atoms with van der Waals surface area (Å²) in [4.78, 5) is 0. The smallest absolute Gasteiger partial charge is 0.165 e. The van der Waals surface area contributed by atoms with E-state index in [2.05, 4.69) is 0 Å². The molecule has 1 atom stereocenters. The number of benzene rings is 1. The molecule has 2 N–H and O–H groups in total. The summed E-state index contributed by atoms with van der Waals surface area (Å²) in [7, 11) is 1.37. The van der Waals surface area contributed by atoms with Gasteiger partial charge in [-0.25, -0.2) is 8.78 Å². The van der Waals surface area contributed by atoms with Gasteiger partial charge in [-0.15, -0.1) is 0 Å². The summed E-state index contributed by atoms with van der Waals surface area (Å²) >= 11 is 0. The molecule has 0 saturated carbocycles. The fourth-order valence-corrected chi connectivity index (χ4v) is 1.71. The summed E-state index contributed by atoms with van der Waals surface area (Å²) < 4.78 is 32.5. The Balaban J connectivity index is 3.07. The molecule has 1 aromatic rings. The van der Waals surface area contributed by atoms with Crippen LogP contribution in [0.2, 0.25) is 0 Å². The third kappa shape index (κ3) is 2.50. The quantitative estimate of drug-likeness (QED) is 0.842. The van der Waals surface area contributed by atoms with Crippen molar-refractivity contribution in [3.05, 3.63) is 29.6 Å². The normalized spacial score (nSPS) is 14.6. The van der Waals surface area contributed by atoms with Crippen molar-refractivity contribution in [3.63, 3.8) is 0 Å². The van der Waals surface area contributed by atoms with Crippen LogP contribution in [0.5, 0.6) is 5.75 Å². The number of nitrogens with two attached hydrogens (primary N) is 1. The predicted octanol–water partition coefficient (Wildman–Crippen LogP) is 2.76. The van der Waals surface area contributed by atoms with E-state index in [1.807, 2.05) is 6.92 Å². The maximum absolute atomic E-state index is 14.3. The lowest BCUT2D eigenvalue weighted by atomic mass is 9.91. The van der Waals surface area contributed by atoms with Crippen molar-refractivity contribution in [2.24, 2.45) is 5.73 Å². The minimum atomic E-state index is -1.65. The fourth-order valence-electron chi connectivity index (χ4n) is 1.71. The average Bonchev–Trinajstić information content (AvgIpc) is 2.29. The number of hydrogen-bond acceptors (Lipinski definition) is 2. The van der Waals surface area contributed by atoms with Crippen LogP contribution in [0.1, 0.15) is 25.3 Å². The topological polar surface area (TPSA) is 35.2 Å².